The van der Waals surface area contributed by atoms with E-state index in [0.29, 0.717) is 22.0 Å². The average Bonchev–Trinajstić information content (AvgIpc) is 2.31. The summed E-state index contributed by atoms with van der Waals surface area (Å²) in [4.78, 5) is 15.1. The maximum atomic E-state index is 10.8. The number of hydrogen-bond acceptors (Lipinski definition) is 2. The Morgan fingerprint density at radius 3 is 2.72 bits per heavy atom. The van der Waals surface area contributed by atoms with Crippen LogP contribution in [0, 0.1) is 0 Å². The molecular weight excluding hydrogens is 250 g/mol. The molecule has 0 aromatic heterocycles. The van der Waals surface area contributed by atoms with Crippen LogP contribution in [0.5, 0.6) is 0 Å². The van der Waals surface area contributed by atoms with Gasteiger partial charge in [0.1, 0.15) is 0 Å². The lowest BCUT2D eigenvalue weighted by atomic mass is 10.1. The van der Waals surface area contributed by atoms with Gasteiger partial charge in [-0.15, -0.1) is 0 Å². The van der Waals surface area contributed by atoms with Crippen LogP contribution in [0.4, 0.5) is 5.69 Å². The highest BCUT2D eigenvalue weighted by atomic mass is 35.5. The molecule has 0 amide bonds. The minimum Gasteiger partial charge on any atom is -0.481 e. The van der Waals surface area contributed by atoms with Crippen molar-refractivity contribution in [1.82, 2.24) is 0 Å². The van der Waals surface area contributed by atoms with Crippen LogP contribution in [0.2, 0.25) is 0 Å². The first-order chi connectivity index (χ1) is 8.54. The van der Waals surface area contributed by atoms with Gasteiger partial charge in [-0.1, -0.05) is 42.8 Å². The summed E-state index contributed by atoms with van der Waals surface area (Å²) >= 11 is 6.05. The van der Waals surface area contributed by atoms with Crippen molar-refractivity contribution in [3.63, 3.8) is 0 Å². The van der Waals surface area contributed by atoms with Crippen molar-refractivity contribution in [3.8, 4) is 0 Å². The van der Waals surface area contributed by atoms with Gasteiger partial charge in [-0.05, 0) is 25.0 Å². The summed E-state index contributed by atoms with van der Waals surface area (Å²) in [5.41, 5.74) is 2.03. The molecule has 0 saturated carbocycles. The molecule has 0 saturated heterocycles. The predicted molar refractivity (Wildman–Crippen MR) is 74.8 cm³/mol. The zero-order chi connectivity index (χ0) is 13.5. The highest BCUT2D eigenvalue weighted by Gasteiger charge is 2.06. The molecule has 1 N–H and O–H groups in total. The Hall–Kier alpha value is -1.61. The van der Waals surface area contributed by atoms with Crippen LogP contribution in [0.3, 0.4) is 0 Å². The van der Waals surface area contributed by atoms with E-state index in [1.54, 1.807) is 18.2 Å². The number of carbonyl (C=O) groups is 1. The third-order valence-electron chi connectivity index (χ3n) is 2.35. The van der Waals surface area contributed by atoms with Gasteiger partial charge < -0.3 is 5.11 Å². The van der Waals surface area contributed by atoms with E-state index < -0.39 is 5.97 Å². The maximum absolute atomic E-state index is 10.8. The fraction of sp³-hybridized carbons (Fsp3) is 0.286. The second kappa shape index (κ2) is 6.97. The lowest BCUT2D eigenvalue weighted by molar-refractivity contribution is -0.136. The molecule has 0 fully saturated rings. The average molecular weight is 266 g/mol. The molecule has 1 aromatic rings. The Morgan fingerprint density at radius 2 is 2.11 bits per heavy atom. The standard InChI is InChI=1S/C14H16ClNO2/c1-3-6-12(15)10(2)16-13-8-5-4-7-11(13)9-14(17)18/h4-8H,3,9H2,1-2H3,(H,17,18). The Balaban J connectivity index is 3.06. The van der Waals surface area contributed by atoms with Crippen LogP contribution in [0.15, 0.2) is 40.4 Å². The maximum Gasteiger partial charge on any atom is 0.307 e. The van der Waals surface area contributed by atoms with Crippen LogP contribution in [0.1, 0.15) is 25.8 Å². The summed E-state index contributed by atoms with van der Waals surface area (Å²) < 4.78 is 0. The van der Waals surface area contributed by atoms with E-state index in [0.717, 1.165) is 6.42 Å². The normalized spacial score (nSPS) is 12.6. The first-order valence-corrected chi connectivity index (χ1v) is 6.13. The monoisotopic (exact) mass is 265 g/mol. The van der Waals surface area contributed by atoms with Crippen LogP contribution in [-0.4, -0.2) is 16.8 Å². The lowest BCUT2D eigenvalue weighted by Gasteiger charge is -2.04. The van der Waals surface area contributed by atoms with Crippen molar-refractivity contribution >= 4 is 29.0 Å². The number of carboxylic acid groups (broad SMARTS) is 1. The molecule has 0 aliphatic rings. The van der Waals surface area contributed by atoms with Gasteiger partial charge in [-0.25, -0.2) is 0 Å². The van der Waals surface area contributed by atoms with Crippen molar-refractivity contribution in [2.45, 2.75) is 26.7 Å². The van der Waals surface area contributed by atoms with E-state index in [9.17, 15) is 4.79 Å². The van der Waals surface area contributed by atoms with Gasteiger partial charge in [-0.2, -0.15) is 0 Å². The van der Waals surface area contributed by atoms with Gasteiger partial charge in [0.2, 0.25) is 0 Å². The number of para-hydroxylation sites is 1. The summed E-state index contributed by atoms with van der Waals surface area (Å²) in [5, 5.41) is 9.43. The van der Waals surface area contributed by atoms with Gasteiger partial charge in [-0.3, -0.25) is 9.79 Å². The molecule has 0 atom stereocenters. The van der Waals surface area contributed by atoms with E-state index in [1.807, 2.05) is 26.0 Å². The molecule has 0 spiro atoms. The number of rotatable bonds is 5. The van der Waals surface area contributed by atoms with Gasteiger partial charge in [0, 0.05) is 0 Å². The zero-order valence-electron chi connectivity index (χ0n) is 10.5. The van der Waals surface area contributed by atoms with Crippen molar-refractivity contribution in [1.29, 1.82) is 0 Å². The third-order valence-corrected chi connectivity index (χ3v) is 2.78. The number of nitrogens with zero attached hydrogens (tertiary/aromatic N) is 1. The van der Waals surface area contributed by atoms with Crippen LogP contribution < -0.4 is 0 Å². The number of aliphatic imine (C=N–C) groups is 1. The Morgan fingerprint density at radius 1 is 1.44 bits per heavy atom. The highest BCUT2D eigenvalue weighted by Crippen LogP contribution is 2.21. The number of benzene rings is 1. The van der Waals surface area contributed by atoms with Gasteiger partial charge in [0.15, 0.2) is 0 Å². The molecule has 1 rings (SSSR count). The molecule has 1 aromatic carbocycles. The molecule has 3 nitrogen and oxygen atoms in total. The minimum absolute atomic E-state index is 0.0396. The molecule has 0 unspecified atom stereocenters. The largest absolute Gasteiger partial charge is 0.481 e. The molecule has 96 valence electrons. The zero-order valence-corrected chi connectivity index (χ0v) is 11.2. The number of hydrogen-bond donors (Lipinski definition) is 1. The van der Waals surface area contributed by atoms with Crippen LogP contribution >= 0.6 is 11.6 Å². The van der Waals surface area contributed by atoms with Crippen LogP contribution in [-0.2, 0) is 11.2 Å². The molecular formula is C14H16ClNO2. The molecule has 0 radical (unpaired) electrons. The van der Waals surface area contributed by atoms with Gasteiger partial charge >= 0.3 is 5.97 Å². The van der Waals surface area contributed by atoms with E-state index in [1.165, 1.54) is 0 Å². The number of halogens is 1. The fourth-order valence-corrected chi connectivity index (χ4v) is 1.69. The predicted octanol–water partition coefficient (Wildman–Crippen LogP) is 3.94. The highest BCUT2D eigenvalue weighted by molar-refractivity contribution is 6.43. The van der Waals surface area contributed by atoms with E-state index in [2.05, 4.69) is 4.99 Å². The lowest BCUT2D eigenvalue weighted by Crippen LogP contribution is -2.00. The van der Waals surface area contributed by atoms with Crippen molar-refractivity contribution in [3.05, 3.63) is 40.9 Å². The second-order valence-electron chi connectivity index (χ2n) is 3.86. The SMILES string of the molecule is CCC=C(Cl)C(C)=Nc1ccccc1CC(=O)O. The van der Waals surface area contributed by atoms with E-state index in [-0.39, 0.29) is 6.42 Å². The molecule has 18 heavy (non-hydrogen) atoms. The van der Waals surface area contributed by atoms with Crippen molar-refractivity contribution in [2.75, 3.05) is 0 Å². The molecule has 4 heteroatoms. The Labute approximate surface area is 112 Å². The third kappa shape index (κ3) is 4.34. The minimum atomic E-state index is -0.870. The van der Waals surface area contributed by atoms with Crippen molar-refractivity contribution < 1.29 is 9.90 Å². The number of allylic oxidation sites excluding steroid dienone is 2. The van der Waals surface area contributed by atoms with Gasteiger partial charge in [0.05, 0.1) is 22.9 Å². The Kier molecular flexibility index (Phi) is 5.59. The molecule has 0 bridgehead atoms. The summed E-state index contributed by atoms with van der Waals surface area (Å²) in [6.45, 7) is 3.81. The summed E-state index contributed by atoms with van der Waals surface area (Å²) in [5.74, 6) is -0.870. The van der Waals surface area contributed by atoms with E-state index >= 15 is 0 Å². The summed E-state index contributed by atoms with van der Waals surface area (Å²) in [6, 6.07) is 7.18. The molecule has 0 aliphatic heterocycles. The van der Waals surface area contributed by atoms with Gasteiger partial charge in [0.25, 0.3) is 0 Å². The number of aliphatic carboxylic acids is 1. The fourth-order valence-electron chi connectivity index (χ4n) is 1.49. The summed E-state index contributed by atoms with van der Waals surface area (Å²) in [6.07, 6.45) is 2.67. The second-order valence-corrected chi connectivity index (χ2v) is 4.26. The van der Waals surface area contributed by atoms with Crippen molar-refractivity contribution in [2.24, 2.45) is 4.99 Å². The first-order valence-electron chi connectivity index (χ1n) is 5.75. The van der Waals surface area contributed by atoms with E-state index in [4.69, 9.17) is 16.7 Å². The smallest absolute Gasteiger partial charge is 0.307 e. The molecule has 0 heterocycles. The topological polar surface area (TPSA) is 49.7 Å². The quantitative estimate of drug-likeness (QED) is 0.820. The Bertz CT molecular complexity index is 492. The molecule has 0 aliphatic carbocycles. The van der Waals surface area contributed by atoms with Crippen LogP contribution in [0.25, 0.3) is 0 Å². The summed E-state index contributed by atoms with van der Waals surface area (Å²) in [7, 11) is 0. The first kappa shape index (κ1) is 14.5. The number of carboxylic acids is 1.